The van der Waals surface area contributed by atoms with Crippen LogP contribution in [0.1, 0.15) is 137 Å². The van der Waals surface area contributed by atoms with Crippen LogP contribution in [0.25, 0.3) is 34.4 Å². The summed E-state index contributed by atoms with van der Waals surface area (Å²) in [6.45, 7) is 5.39. The fourth-order valence-corrected chi connectivity index (χ4v) is 7.90. The highest BCUT2D eigenvalue weighted by Crippen LogP contribution is 2.55. The molecule has 280 valence electrons. The van der Waals surface area contributed by atoms with Crippen molar-refractivity contribution >= 4 is 23.3 Å². The van der Waals surface area contributed by atoms with Gasteiger partial charge in [0.15, 0.2) is 0 Å². The molecule has 5 heteroatoms. The Kier molecular flexibility index (Phi) is 15.1. The Hall–Kier alpha value is -5.10. The van der Waals surface area contributed by atoms with Gasteiger partial charge in [-0.05, 0) is 137 Å². The summed E-state index contributed by atoms with van der Waals surface area (Å²) >= 11 is 0. The quantitative estimate of drug-likeness (QED) is 0.0507. The van der Waals surface area contributed by atoms with Gasteiger partial charge in [-0.15, -0.1) is 0 Å². The van der Waals surface area contributed by atoms with Crippen molar-refractivity contribution in [3.05, 3.63) is 118 Å². The molecular formula is C49H56N2O3. The van der Waals surface area contributed by atoms with Crippen molar-refractivity contribution in [2.45, 2.75) is 109 Å². The molecule has 5 rings (SSSR count). The molecule has 0 spiro atoms. The molecule has 0 fully saturated rings. The van der Waals surface area contributed by atoms with Crippen molar-refractivity contribution in [3.63, 3.8) is 0 Å². The average molecular weight is 721 g/mol. The van der Waals surface area contributed by atoms with Crippen LogP contribution in [0.2, 0.25) is 0 Å². The number of nitriles is 2. The summed E-state index contributed by atoms with van der Waals surface area (Å²) in [5.41, 5.74) is 9.88. The van der Waals surface area contributed by atoms with Gasteiger partial charge in [0, 0.05) is 12.0 Å². The normalized spacial score (nSPS) is 13.2. The maximum atomic E-state index is 10.3. The second kappa shape index (κ2) is 20.4. The van der Waals surface area contributed by atoms with Crippen LogP contribution in [0.4, 0.5) is 0 Å². The molecule has 54 heavy (non-hydrogen) atoms. The van der Waals surface area contributed by atoms with Gasteiger partial charge in [0.25, 0.3) is 0 Å². The predicted octanol–water partition coefficient (Wildman–Crippen LogP) is 12.7. The first-order valence-electron chi connectivity index (χ1n) is 20.1. The molecule has 0 bridgehead atoms. The highest BCUT2D eigenvalue weighted by molar-refractivity contribution is 5.93. The second-order valence-electron chi connectivity index (χ2n) is 14.7. The topological polar surface area (TPSA) is 97.3 Å². The van der Waals surface area contributed by atoms with Gasteiger partial charge in [-0.25, -0.2) is 0 Å². The number of benzene rings is 4. The van der Waals surface area contributed by atoms with Crippen LogP contribution in [-0.4, -0.2) is 23.4 Å². The van der Waals surface area contributed by atoms with Gasteiger partial charge in [-0.3, -0.25) is 0 Å². The number of phenolic OH excluding ortho intramolecular Hbond substituents is 1. The van der Waals surface area contributed by atoms with E-state index in [1.807, 2.05) is 36.4 Å². The summed E-state index contributed by atoms with van der Waals surface area (Å²) in [5.74, 6) is 0.974. The van der Waals surface area contributed by atoms with Crippen LogP contribution in [0.15, 0.2) is 84.9 Å². The van der Waals surface area contributed by atoms with Crippen LogP contribution in [-0.2, 0) is 5.41 Å². The molecule has 0 heterocycles. The minimum atomic E-state index is -0.172. The fraction of sp³-hybridized carbons (Fsp3) is 0.388. The summed E-state index contributed by atoms with van der Waals surface area (Å²) < 4.78 is 5.94. The van der Waals surface area contributed by atoms with Crippen molar-refractivity contribution < 1.29 is 14.9 Å². The molecule has 2 N–H and O–H groups in total. The first-order valence-corrected chi connectivity index (χ1v) is 20.1. The summed E-state index contributed by atoms with van der Waals surface area (Å²) in [7, 11) is 0. The summed E-state index contributed by atoms with van der Waals surface area (Å²) in [6, 6.07) is 32.9. The van der Waals surface area contributed by atoms with Gasteiger partial charge in [0.05, 0.1) is 29.9 Å². The van der Waals surface area contributed by atoms with Gasteiger partial charge in [-0.1, -0.05) is 108 Å². The highest BCUT2D eigenvalue weighted by Gasteiger charge is 2.42. The highest BCUT2D eigenvalue weighted by atomic mass is 16.5. The van der Waals surface area contributed by atoms with Gasteiger partial charge in [-0.2, -0.15) is 10.5 Å². The van der Waals surface area contributed by atoms with E-state index >= 15 is 0 Å². The molecule has 4 aromatic rings. The number of aliphatic hydroxyl groups is 1. The standard InChI is InChI=1S/C49H56N2O3/c1-3-5-7-11-27-49(28-12-8-6-4-2)47-33-37(31-41(35-50)39-17-21-43(53)22-18-39)15-25-45(47)46-26-16-38(34-48(46)49)32-42(36-51)40-19-23-44(24-20-40)54-30-14-10-9-13-29-52/h15-26,31-34,52-53H,3-14,27-30H2,1-2H3/b41-31+,42-32+. The van der Waals surface area contributed by atoms with Crippen LogP contribution < -0.4 is 4.74 Å². The molecule has 0 unspecified atom stereocenters. The summed E-state index contributed by atoms with van der Waals surface area (Å²) in [5, 5.41) is 39.3. The van der Waals surface area contributed by atoms with E-state index in [9.17, 15) is 15.6 Å². The Bertz CT molecular complexity index is 1950. The van der Waals surface area contributed by atoms with E-state index in [4.69, 9.17) is 9.84 Å². The number of hydrogen-bond acceptors (Lipinski definition) is 5. The molecule has 0 atom stereocenters. The Morgan fingerprint density at radius 3 is 1.57 bits per heavy atom. The lowest BCUT2D eigenvalue weighted by Gasteiger charge is -2.33. The third-order valence-electron chi connectivity index (χ3n) is 10.9. The monoisotopic (exact) mass is 720 g/mol. The fourth-order valence-electron chi connectivity index (χ4n) is 7.90. The van der Waals surface area contributed by atoms with Crippen molar-refractivity contribution in [3.8, 4) is 34.8 Å². The minimum absolute atomic E-state index is 0.172. The second-order valence-corrected chi connectivity index (χ2v) is 14.7. The maximum absolute atomic E-state index is 10.3. The molecular weight excluding hydrogens is 665 g/mol. The molecule has 5 nitrogen and oxygen atoms in total. The van der Waals surface area contributed by atoms with E-state index in [1.54, 1.807) is 24.3 Å². The third-order valence-corrected chi connectivity index (χ3v) is 10.9. The Balaban J connectivity index is 1.51. The summed E-state index contributed by atoms with van der Waals surface area (Å²) in [6.07, 6.45) is 19.4. The van der Waals surface area contributed by atoms with Crippen molar-refractivity contribution in [2.24, 2.45) is 0 Å². The molecule has 0 saturated heterocycles. The Morgan fingerprint density at radius 1 is 0.611 bits per heavy atom. The van der Waals surface area contributed by atoms with Gasteiger partial charge in [0.2, 0.25) is 0 Å². The Labute approximate surface area is 323 Å². The van der Waals surface area contributed by atoms with Crippen molar-refractivity contribution in [1.29, 1.82) is 10.5 Å². The SMILES string of the molecule is CCCCCCC1(CCCCCC)c2cc(/C=C(\C#N)c3ccc(O)cc3)ccc2-c2ccc(/C=C(\C#N)c3ccc(OCCCCCCO)cc3)cc21. The lowest BCUT2D eigenvalue weighted by atomic mass is 9.70. The minimum Gasteiger partial charge on any atom is -0.508 e. The van der Waals surface area contributed by atoms with Crippen LogP contribution in [0.3, 0.4) is 0 Å². The first-order chi connectivity index (χ1) is 26.5. The number of phenols is 1. The van der Waals surface area contributed by atoms with Gasteiger partial charge >= 0.3 is 0 Å². The molecule has 4 aromatic carbocycles. The van der Waals surface area contributed by atoms with Crippen LogP contribution in [0.5, 0.6) is 11.5 Å². The Morgan fingerprint density at radius 2 is 1.09 bits per heavy atom. The van der Waals surface area contributed by atoms with E-state index in [-0.39, 0.29) is 17.8 Å². The number of ether oxygens (including phenoxy) is 1. The zero-order chi connectivity index (χ0) is 38.2. The van der Waals surface area contributed by atoms with Gasteiger partial charge in [0.1, 0.15) is 11.5 Å². The number of allylic oxidation sites excluding steroid dienone is 2. The van der Waals surface area contributed by atoms with E-state index in [2.05, 4.69) is 62.4 Å². The number of hydrogen-bond donors (Lipinski definition) is 2. The average Bonchev–Trinajstić information content (AvgIpc) is 3.46. The van der Waals surface area contributed by atoms with Crippen LogP contribution in [0, 0.1) is 22.7 Å². The van der Waals surface area contributed by atoms with E-state index in [0.717, 1.165) is 79.4 Å². The van der Waals surface area contributed by atoms with Gasteiger partial charge < -0.3 is 14.9 Å². The lowest BCUT2D eigenvalue weighted by Crippen LogP contribution is -2.25. The molecule has 1 aliphatic carbocycles. The van der Waals surface area contributed by atoms with Crippen LogP contribution >= 0.6 is 0 Å². The number of unbranched alkanes of at least 4 members (excludes halogenated alkanes) is 9. The van der Waals surface area contributed by atoms with E-state index < -0.39 is 0 Å². The third kappa shape index (κ3) is 10.1. The van der Waals surface area contributed by atoms with Crippen molar-refractivity contribution in [1.82, 2.24) is 0 Å². The lowest BCUT2D eigenvalue weighted by molar-refractivity contribution is 0.273. The largest absolute Gasteiger partial charge is 0.508 e. The maximum Gasteiger partial charge on any atom is 0.119 e. The molecule has 0 saturated carbocycles. The smallest absolute Gasteiger partial charge is 0.119 e. The van der Waals surface area contributed by atoms with E-state index in [1.165, 1.54) is 60.8 Å². The first kappa shape index (κ1) is 40.1. The zero-order valence-corrected chi connectivity index (χ0v) is 32.2. The number of nitrogens with zero attached hydrogens (tertiary/aromatic N) is 2. The number of fused-ring (bicyclic) bond motifs is 3. The summed E-state index contributed by atoms with van der Waals surface area (Å²) in [4.78, 5) is 0. The molecule has 0 radical (unpaired) electrons. The zero-order valence-electron chi connectivity index (χ0n) is 32.2. The molecule has 0 amide bonds. The molecule has 1 aliphatic rings. The molecule has 0 aromatic heterocycles. The number of aliphatic hydroxyl groups excluding tert-OH is 1. The van der Waals surface area contributed by atoms with Crippen molar-refractivity contribution in [2.75, 3.05) is 13.2 Å². The van der Waals surface area contributed by atoms with E-state index in [0.29, 0.717) is 17.8 Å². The number of rotatable bonds is 21. The number of aromatic hydroxyl groups is 1. The molecule has 0 aliphatic heterocycles. The predicted molar refractivity (Wildman–Crippen MR) is 223 cm³/mol.